The lowest BCUT2D eigenvalue weighted by molar-refractivity contribution is -0.115. The van der Waals surface area contributed by atoms with Crippen LogP contribution in [0, 0.1) is 0 Å². The normalized spacial score (nSPS) is 11.6. The molecule has 1 heterocycles. The Morgan fingerprint density at radius 2 is 1.71 bits per heavy atom. The van der Waals surface area contributed by atoms with Crippen molar-refractivity contribution in [2.24, 2.45) is 0 Å². The lowest BCUT2D eigenvalue weighted by atomic mass is 10.0. The lowest BCUT2D eigenvalue weighted by Gasteiger charge is -2.13. The SMILES string of the molecule is CN(C)CCNC(=O)/C(=C/c1ccc(Cl)cc1)c1ccc(OCc2ccc3ccccc3n2)cc1. The topological polar surface area (TPSA) is 54.5 Å². The summed E-state index contributed by atoms with van der Waals surface area (Å²) in [4.78, 5) is 19.7. The zero-order chi connectivity index (χ0) is 24.6. The monoisotopic (exact) mass is 485 g/mol. The average molecular weight is 486 g/mol. The number of aromatic nitrogens is 1. The van der Waals surface area contributed by atoms with Gasteiger partial charge in [0.05, 0.1) is 11.2 Å². The van der Waals surface area contributed by atoms with Gasteiger partial charge in [0.1, 0.15) is 12.4 Å². The molecule has 0 radical (unpaired) electrons. The third-order valence-electron chi connectivity index (χ3n) is 5.48. The molecule has 4 rings (SSSR count). The van der Waals surface area contributed by atoms with Gasteiger partial charge in [-0.05, 0) is 67.7 Å². The zero-order valence-corrected chi connectivity index (χ0v) is 20.6. The fourth-order valence-electron chi connectivity index (χ4n) is 3.57. The molecule has 5 nitrogen and oxygen atoms in total. The lowest BCUT2D eigenvalue weighted by Crippen LogP contribution is -2.31. The summed E-state index contributed by atoms with van der Waals surface area (Å²) in [5, 5.41) is 4.76. The maximum Gasteiger partial charge on any atom is 0.251 e. The number of pyridine rings is 1. The van der Waals surface area contributed by atoms with E-state index >= 15 is 0 Å². The number of ether oxygens (including phenoxy) is 1. The minimum atomic E-state index is -0.129. The van der Waals surface area contributed by atoms with Crippen LogP contribution in [-0.2, 0) is 11.4 Å². The molecular weight excluding hydrogens is 458 g/mol. The van der Waals surface area contributed by atoms with Gasteiger partial charge >= 0.3 is 0 Å². The summed E-state index contributed by atoms with van der Waals surface area (Å²) in [6.07, 6.45) is 1.87. The second-order valence-corrected chi connectivity index (χ2v) is 8.91. The van der Waals surface area contributed by atoms with Crippen molar-refractivity contribution in [3.63, 3.8) is 0 Å². The number of carbonyl (C=O) groups excluding carboxylic acids is 1. The molecule has 3 aromatic carbocycles. The van der Waals surface area contributed by atoms with E-state index in [1.807, 2.05) is 110 Å². The summed E-state index contributed by atoms with van der Waals surface area (Å²) in [6.45, 7) is 1.68. The highest BCUT2D eigenvalue weighted by molar-refractivity contribution is 6.30. The largest absolute Gasteiger partial charge is 0.487 e. The standard InChI is InChI=1S/C29H28ClN3O2/c1-33(2)18-17-31-29(34)27(19-21-7-12-24(30)13-8-21)22-10-15-26(16-11-22)35-20-25-14-9-23-5-3-4-6-28(23)32-25/h3-16,19H,17-18,20H2,1-2H3,(H,31,34)/b27-19+. The fourth-order valence-corrected chi connectivity index (χ4v) is 3.70. The second-order valence-electron chi connectivity index (χ2n) is 8.48. The number of fused-ring (bicyclic) bond motifs is 1. The maximum absolute atomic E-state index is 13.0. The molecule has 0 atom stereocenters. The van der Waals surface area contributed by atoms with Crippen molar-refractivity contribution in [1.82, 2.24) is 15.2 Å². The number of rotatable bonds is 9. The van der Waals surface area contributed by atoms with Gasteiger partial charge in [-0.3, -0.25) is 4.79 Å². The molecule has 1 N–H and O–H groups in total. The van der Waals surface area contributed by atoms with Gasteiger partial charge in [-0.2, -0.15) is 0 Å². The van der Waals surface area contributed by atoms with Crippen LogP contribution in [0.3, 0.4) is 0 Å². The number of nitrogens with zero attached hydrogens (tertiary/aromatic N) is 2. The first-order chi connectivity index (χ1) is 17.0. The van der Waals surface area contributed by atoms with Crippen LogP contribution >= 0.6 is 11.6 Å². The predicted octanol–water partition coefficient (Wildman–Crippen LogP) is 5.69. The first-order valence-corrected chi connectivity index (χ1v) is 11.8. The van der Waals surface area contributed by atoms with Gasteiger partial charge in [0, 0.05) is 29.1 Å². The zero-order valence-electron chi connectivity index (χ0n) is 19.9. The van der Waals surface area contributed by atoms with Crippen LogP contribution in [-0.4, -0.2) is 43.0 Å². The van der Waals surface area contributed by atoms with Gasteiger partial charge in [-0.15, -0.1) is 0 Å². The van der Waals surface area contributed by atoms with Gasteiger partial charge in [-0.25, -0.2) is 4.98 Å². The van der Waals surface area contributed by atoms with E-state index < -0.39 is 0 Å². The Balaban J connectivity index is 1.49. The summed E-state index contributed by atoms with van der Waals surface area (Å²) < 4.78 is 5.96. The van der Waals surface area contributed by atoms with E-state index in [1.54, 1.807) is 0 Å². The van der Waals surface area contributed by atoms with Crippen LogP contribution in [0.4, 0.5) is 0 Å². The summed E-state index contributed by atoms with van der Waals surface area (Å²) in [5.41, 5.74) is 4.08. The number of benzene rings is 3. The summed E-state index contributed by atoms with van der Waals surface area (Å²) in [7, 11) is 3.95. The van der Waals surface area contributed by atoms with Crippen molar-refractivity contribution in [1.29, 1.82) is 0 Å². The molecule has 35 heavy (non-hydrogen) atoms. The van der Waals surface area contributed by atoms with Crippen molar-refractivity contribution >= 4 is 40.1 Å². The predicted molar refractivity (Wildman–Crippen MR) is 143 cm³/mol. The highest BCUT2D eigenvalue weighted by atomic mass is 35.5. The minimum Gasteiger partial charge on any atom is -0.487 e. The van der Waals surface area contributed by atoms with Crippen molar-refractivity contribution < 1.29 is 9.53 Å². The molecule has 0 fully saturated rings. The van der Waals surface area contributed by atoms with E-state index in [1.165, 1.54) is 0 Å². The maximum atomic E-state index is 13.0. The molecule has 0 aliphatic rings. The Morgan fingerprint density at radius 1 is 0.971 bits per heavy atom. The van der Waals surface area contributed by atoms with Gasteiger partial charge in [0.25, 0.3) is 5.91 Å². The third kappa shape index (κ3) is 6.92. The molecule has 0 saturated heterocycles. The van der Waals surface area contributed by atoms with Crippen molar-refractivity contribution in [2.45, 2.75) is 6.61 Å². The van der Waals surface area contributed by atoms with Gasteiger partial charge in [-0.1, -0.05) is 60.1 Å². The van der Waals surface area contributed by atoms with E-state index in [9.17, 15) is 4.79 Å². The van der Waals surface area contributed by atoms with Gasteiger partial charge in [0.15, 0.2) is 0 Å². The summed E-state index contributed by atoms with van der Waals surface area (Å²) in [6, 6.07) is 27.0. The van der Waals surface area contributed by atoms with E-state index in [0.29, 0.717) is 29.5 Å². The number of nitrogens with one attached hydrogen (secondary N) is 1. The third-order valence-corrected chi connectivity index (χ3v) is 5.73. The minimum absolute atomic E-state index is 0.129. The number of hydrogen-bond acceptors (Lipinski definition) is 4. The molecule has 4 aromatic rings. The fraction of sp³-hybridized carbons (Fsp3) is 0.172. The molecule has 6 heteroatoms. The van der Waals surface area contributed by atoms with E-state index in [2.05, 4.69) is 10.3 Å². The number of carbonyl (C=O) groups is 1. The molecule has 178 valence electrons. The molecule has 0 saturated carbocycles. The first-order valence-electron chi connectivity index (χ1n) is 11.5. The number of para-hydroxylation sites is 1. The number of likely N-dealkylation sites (N-methyl/N-ethyl adjacent to an activating group) is 1. The quantitative estimate of drug-likeness (QED) is 0.244. The van der Waals surface area contributed by atoms with E-state index in [0.717, 1.165) is 34.3 Å². The van der Waals surface area contributed by atoms with Crippen molar-refractivity contribution in [2.75, 3.05) is 27.2 Å². The highest BCUT2D eigenvalue weighted by Gasteiger charge is 2.13. The molecule has 0 aliphatic heterocycles. The molecule has 0 bridgehead atoms. The first kappa shape index (κ1) is 24.5. The molecular formula is C29H28ClN3O2. The molecule has 1 amide bonds. The smallest absolute Gasteiger partial charge is 0.251 e. The molecule has 0 unspecified atom stereocenters. The summed E-state index contributed by atoms with van der Waals surface area (Å²) in [5.74, 6) is 0.582. The Hall–Kier alpha value is -3.67. The number of hydrogen-bond donors (Lipinski definition) is 1. The van der Waals surface area contributed by atoms with Crippen LogP contribution in [0.5, 0.6) is 5.75 Å². The second kappa shape index (κ2) is 11.6. The van der Waals surface area contributed by atoms with Gasteiger partial charge in [0.2, 0.25) is 0 Å². The van der Waals surface area contributed by atoms with Crippen LogP contribution in [0.15, 0.2) is 84.9 Å². The number of halogens is 1. The van der Waals surface area contributed by atoms with Crippen LogP contribution in [0.2, 0.25) is 5.02 Å². The highest BCUT2D eigenvalue weighted by Crippen LogP contribution is 2.23. The molecule has 0 aliphatic carbocycles. The van der Waals surface area contributed by atoms with Gasteiger partial charge < -0.3 is 15.0 Å². The summed E-state index contributed by atoms with van der Waals surface area (Å²) >= 11 is 6.02. The Bertz CT molecular complexity index is 1320. The Labute approximate surface area is 211 Å². The van der Waals surface area contributed by atoms with Crippen LogP contribution in [0.25, 0.3) is 22.6 Å². The van der Waals surface area contributed by atoms with Crippen molar-refractivity contribution in [3.8, 4) is 5.75 Å². The van der Waals surface area contributed by atoms with E-state index in [-0.39, 0.29) is 5.91 Å². The van der Waals surface area contributed by atoms with E-state index in [4.69, 9.17) is 16.3 Å². The Kier molecular flexibility index (Phi) is 8.14. The van der Waals surface area contributed by atoms with Crippen LogP contribution in [0.1, 0.15) is 16.8 Å². The number of amides is 1. The van der Waals surface area contributed by atoms with Crippen molar-refractivity contribution in [3.05, 3.63) is 107 Å². The Morgan fingerprint density at radius 3 is 2.46 bits per heavy atom. The molecule has 0 spiro atoms. The average Bonchev–Trinajstić information content (AvgIpc) is 2.87. The van der Waals surface area contributed by atoms with Crippen LogP contribution < -0.4 is 10.1 Å². The molecule has 1 aromatic heterocycles.